The van der Waals surface area contributed by atoms with Crippen molar-refractivity contribution in [2.45, 2.75) is 32.7 Å². The molecular weight excluding hydrogens is 218 g/mol. The van der Waals surface area contributed by atoms with Gasteiger partial charge in [0.2, 0.25) is 0 Å². The summed E-state index contributed by atoms with van der Waals surface area (Å²) in [7, 11) is 0. The second kappa shape index (κ2) is 5.26. The van der Waals surface area contributed by atoms with Crippen molar-refractivity contribution in [2.24, 2.45) is 0 Å². The van der Waals surface area contributed by atoms with Crippen molar-refractivity contribution in [1.29, 1.82) is 0 Å². The minimum Gasteiger partial charge on any atom is -0.380 e. The fourth-order valence-corrected chi connectivity index (χ4v) is 2.02. The van der Waals surface area contributed by atoms with Crippen molar-refractivity contribution in [3.63, 3.8) is 0 Å². The van der Waals surface area contributed by atoms with Crippen LogP contribution in [-0.4, -0.2) is 5.54 Å². The van der Waals surface area contributed by atoms with Crippen LogP contribution in [0.4, 0.5) is 5.69 Å². The maximum absolute atomic E-state index is 3.57. The van der Waals surface area contributed by atoms with Crippen molar-refractivity contribution in [2.75, 3.05) is 5.32 Å². The monoisotopic (exact) mass is 239 g/mol. The highest BCUT2D eigenvalue weighted by Crippen LogP contribution is 2.22. The van der Waals surface area contributed by atoms with Gasteiger partial charge < -0.3 is 5.32 Å². The zero-order valence-electron chi connectivity index (χ0n) is 11.4. The van der Waals surface area contributed by atoms with Crippen molar-refractivity contribution in [1.82, 2.24) is 0 Å². The molecule has 1 N–H and O–H groups in total. The summed E-state index contributed by atoms with van der Waals surface area (Å²) in [5, 5.41) is 3.57. The molecule has 0 aliphatic rings. The lowest BCUT2D eigenvalue weighted by Crippen LogP contribution is -2.26. The fraction of sp³-hybridized carbons (Fsp3) is 0.294. The first-order valence-corrected chi connectivity index (χ1v) is 6.45. The van der Waals surface area contributed by atoms with Crippen LogP contribution in [0.2, 0.25) is 0 Å². The van der Waals surface area contributed by atoms with Crippen LogP contribution in [0.15, 0.2) is 54.6 Å². The third kappa shape index (κ3) is 3.63. The van der Waals surface area contributed by atoms with E-state index in [0.29, 0.717) is 0 Å². The lowest BCUT2D eigenvalue weighted by atomic mass is 10.0. The molecule has 2 rings (SSSR count). The lowest BCUT2D eigenvalue weighted by molar-refractivity contribution is 0.633. The molecule has 1 heteroatoms. The summed E-state index contributed by atoms with van der Waals surface area (Å²) in [5.41, 5.74) is 4.01. The zero-order valence-corrected chi connectivity index (χ0v) is 11.4. The van der Waals surface area contributed by atoms with Crippen LogP contribution in [0.1, 0.15) is 31.9 Å². The smallest absolute Gasteiger partial charge is 0.0380 e. The molecule has 18 heavy (non-hydrogen) atoms. The molecule has 0 saturated carbocycles. The van der Waals surface area contributed by atoms with E-state index in [0.717, 1.165) is 6.42 Å². The third-order valence-corrected chi connectivity index (χ3v) is 2.76. The number of benzene rings is 2. The number of hydrogen-bond acceptors (Lipinski definition) is 1. The van der Waals surface area contributed by atoms with Crippen LogP contribution >= 0.6 is 0 Å². The van der Waals surface area contributed by atoms with Crippen LogP contribution in [0.5, 0.6) is 0 Å². The van der Waals surface area contributed by atoms with E-state index in [2.05, 4.69) is 80.7 Å². The van der Waals surface area contributed by atoms with E-state index in [4.69, 9.17) is 0 Å². The van der Waals surface area contributed by atoms with Gasteiger partial charge in [-0.3, -0.25) is 0 Å². The van der Waals surface area contributed by atoms with Crippen LogP contribution < -0.4 is 5.32 Å². The Labute approximate surface area is 110 Å². The van der Waals surface area contributed by atoms with Crippen LogP contribution in [0.3, 0.4) is 0 Å². The summed E-state index contributed by atoms with van der Waals surface area (Å²) in [6.07, 6.45) is 0.972. The zero-order chi connectivity index (χ0) is 13.0. The highest BCUT2D eigenvalue weighted by molar-refractivity contribution is 5.54. The van der Waals surface area contributed by atoms with Gasteiger partial charge in [-0.25, -0.2) is 0 Å². The summed E-state index contributed by atoms with van der Waals surface area (Å²) < 4.78 is 0. The predicted octanol–water partition coefficient (Wildman–Crippen LogP) is 4.49. The van der Waals surface area contributed by atoms with E-state index in [9.17, 15) is 0 Å². The molecule has 0 fully saturated rings. The number of anilines is 1. The molecule has 2 aromatic rings. The summed E-state index contributed by atoms with van der Waals surface area (Å²) in [6, 6.07) is 19.1. The molecule has 0 radical (unpaired) electrons. The first kappa shape index (κ1) is 12.7. The average molecular weight is 239 g/mol. The van der Waals surface area contributed by atoms with Crippen LogP contribution in [0.25, 0.3) is 0 Å². The molecule has 0 spiro atoms. The second-order valence-corrected chi connectivity index (χ2v) is 5.69. The van der Waals surface area contributed by atoms with Crippen LogP contribution in [0, 0.1) is 0 Å². The van der Waals surface area contributed by atoms with Gasteiger partial charge in [0.15, 0.2) is 0 Å². The maximum atomic E-state index is 3.57. The first-order valence-electron chi connectivity index (χ1n) is 6.45. The molecule has 2 aromatic carbocycles. The van der Waals surface area contributed by atoms with Gasteiger partial charge >= 0.3 is 0 Å². The topological polar surface area (TPSA) is 12.0 Å². The molecule has 0 aliphatic carbocycles. The van der Waals surface area contributed by atoms with Gasteiger partial charge in [-0.05, 0) is 44.4 Å². The van der Waals surface area contributed by atoms with Gasteiger partial charge in [0.05, 0.1) is 0 Å². The Morgan fingerprint density at radius 2 is 1.44 bits per heavy atom. The first-order chi connectivity index (χ1) is 8.54. The largest absolute Gasteiger partial charge is 0.380 e. The number of para-hydroxylation sites is 1. The highest BCUT2D eigenvalue weighted by Gasteiger charge is 2.11. The minimum absolute atomic E-state index is 0.0901. The quantitative estimate of drug-likeness (QED) is 0.832. The van der Waals surface area contributed by atoms with Crippen LogP contribution in [-0.2, 0) is 6.42 Å². The maximum Gasteiger partial charge on any atom is 0.0380 e. The highest BCUT2D eigenvalue weighted by atomic mass is 15.0. The fourth-order valence-electron chi connectivity index (χ4n) is 2.02. The molecule has 0 aliphatic heterocycles. The van der Waals surface area contributed by atoms with E-state index in [1.165, 1.54) is 16.8 Å². The van der Waals surface area contributed by atoms with E-state index in [-0.39, 0.29) is 5.54 Å². The van der Waals surface area contributed by atoms with Gasteiger partial charge in [-0.15, -0.1) is 0 Å². The van der Waals surface area contributed by atoms with Crippen molar-refractivity contribution in [3.05, 3.63) is 65.7 Å². The van der Waals surface area contributed by atoms with Gasteiger partial charge in [0.1, 0.15) is 0 Å². The molecule has 0 aromatic heterocycles. The Morgan fingerprint density at radius 3 is 2.11 bits per heavy atom. The van der Waals surface area contributed by atoms with Crippen molar-refractivity contribution in [3.8, 4) is 0 Å². The third-order valence-electron chi connectivity index (χ3n) is 2.76. The molecule has 0 bridgehead atoms. The van der Waals surface area contributed by atoms with E-state index < -0.39 is 0 Å². The molecule has 0 saturated heterocycles. The molecule has 94 valence electrons. The second-order valence-electron chi connectivity index (χ2n) is 5.69. The van der Waals surface area contributed by atoms with E-state index >= 15 is 0 Å². The summed E-state index contributed by atoms with van der Waals surface area (Å²) >= 11 is 0. The van der Waals surface area contributed by atoms with Gasteiger partial charge in [0, 0.05) is 11.2 Å². The molecule has 0 atom stereocenters. The van der Waals surface area contributed by atoms with Gasteiger partial charge in [-0.2, -0.15) is 0 Å². The Kier molecular flexibility index (Phi) is 3.71. The molecule has 0 heterocycles. The predicted molar refractivity (Wildman–Crippen MR) is 79.1 cm³/mol. The summed E-state index contributed by atoms with van der Waals surface area (Å²) in [5.74, 6) is 0. The van der Waals surface area contributed by atoms with E-state index in [1.807, 2.05) is 0 Å². The molecular formula is C17H21N. The summed E-state index contributed by atoms with van der Waals surface area (Å²) in [6.45, 7) is 6.56. The Morgan fingerprint density at radius 1 is 0.833 bits per heavy atom. The average Bonchev–Trinajstić information content (AvgIpc) is 2.31. The molecule has 0 amide bonds. The molecule has 0 unspecified atom stereocenters. The Hall–Kier alpha value is -1.76. The SMILES string of the molecule is CC(C)(C)Nc1ccccc1Cc1ccccc1. The molecule has 1 nitrogen and oxygen atoms in total. The Balaban J connectivity index is 2.23. The number of hydrogen-bond donors (Lipinski definition) is 1. The number of rotatable bonds is 3. The van der Waals surface area contributed by atoms with Crippen molar-refractivity contribution < 1.29 is 0 Å². The van der Waals surface area contributed by atoms with Gasteiger partial charge in [-0.1, -0.05) is 48.5 Å². The normalized spacial score (nSPS) is 11.3. The van der Waals surface area contributed by atoms with E-state index in [1.54, 1.807) is 0 Å². The van der Waals surface area contributed by atoms with Crippen molar-refractivity contribution >= 4 is 5.69 Å². The number of nitrogens with one attached hydrogen (secondary N) is 1. The minimum atomic E-state index is 0.0901. The Bertz CT molecular complexity index is 495. The summed E-state index contributed by atoms with van der Waals surface area (Å²) in [4.78, 5) is 0. The standard InChI is InChI=1S/C17H21N/c1-17(2,3)18-16-12-8-7-11-15(16)13-14-9-5-4-6-10-14/h4-12,18H,13H2,1-3H3. The lowest BCUT2D eigenvalue weighted by Gasteiger charge is -2.24. The van der Waals surface area contributed by atoms with Gasteiger partial charge in [0.25, 0.3) is 0 Å².